The lowest BCUT2D eigenvalue weighted by Crippen LogP contribution is -2.23. The van der Waals surface area contributed by atoms with E-state index in [4.69, 9.17) is 0 Å². The summed E-state index contributed by atoms with van der Waals surface area (Å²) in [6.07, 6.45) is 29.5. The van der Waals surface area contributed by atoms with Gasteiger partial charge in [0.2, 0.25) is 5.91 Å². The first-order valence-electron chi connectivity index (χ1n) is 11.0. The van der Waals surface area contributed by atoms with Crippen LogP contribution in [0.2, 0.25) is 0 Å². The SMILES string of the molecule is CC/C=C\C/C=C\C/C=C\CCCCCCCC(=O)NCCCCCC. The summed E-state index contributed by atoms with van der Waals surface area (Å²) in [7, 11) is 0. The zero-order valence-electron chi connectivity index (χ0n) is 17.5. The van der Waals surface area contributed by atoms with E-state index in [1.807, 2.05) is 0 Å². The number of carbonyl (C=O) groups is 1. The van der Waals surface area contributed by atoms with Gasteiger partial charge in [-0.1, -0.05) is 88.8 Å². The number of rotatable bonds is 18. The second-order valence-corrected chi connectivity index (χ2v) is 7.01. The molecule has 0 rings (SSSR count). The first-order valence-corrected chi connectivity index (χ1v) is 11.0. The van der Waals surface area contributed by atoms with Gasteiger partial charge in [0.05, 0.1) is 0 Å². The van der Waals surface area contributed by atoms with E-state index < -0.39 is 0 Å². The highest BCUT2D eigenvalue weighted by Gasteiger charge is 2.00. The normalized spacial score (nSPS) is 11.9. The van der Waals surface area contributed by atoms with Crippen molar-refractivity contribution < 1.29 is 4.79 Å². The lowest BCUT2D eigenvalue weighted by atomic mass is 10.1. The predicted octanol–water partition coefficient (Wildman–Crippen LogP) is 7.27. The molecule has 1 amide bonds. The van der Waals surface area contributed by atoms with E-state index in [0.717, 1.165) is 38.6 Å². The number of carbonyl (C=O) groups excluding carboxylic acids is 1. The molecular formula is C24H43NO. The first-order chi connectivity index (χ1) is 12.8. The van der Waals surface area contributed by atoms with E-state index in [1.165, 1.54) is 51.4 Å². The number of hydrogen-bond donors (Lipinski definition) is 1. The van der Waals surface area contributed by atoms with Crippen LogP contribution in [-0.2, 0) is 4.79 Å². The molecule has 2 nitrogen and oxygen atoms in total. The van der Waals surface area contributed by atoms with Crippen LogP contribution in [0.15, 0.2) is 36.5 Å². The van der Waals surface area contributed by atoms with Gasteiger partial charge in [0.1, 0.15) is 0 Å². The highest BCUT2D eigenvalue weighted by atomic mass is 16.1. The highest BCUT2D eigenvalue weighted by molar-refractivity contribution is 5.75. The van der Waals surface area contributed by atoms with E-state index >= 15 is 0 Å². The number of hydrogen-bond acceptors (Lipinski definition) is 1. The molecule has 2 heteroatoms. The molecule has 0 fully saturated rings. The Morgan fingerprint density at radius 2 is 1.31 bits per heavy atom. The molecule has 0 atom stereocenters. The molecule has 150 valence electrons. The minimum atomic E-state index is 0.239. The van der Waals surface area contributed by atoms with Gasteiger partial charge in [0.25, 0.3) is 0 Å². The fourth-order valence-electron chi connectivity index (χ4n) is 2.77. The zero-order valence-corrected chi connectivity index (χ0v) is 17.5. The third kappa shape index (κ3) is 20.7. The Bertz CT molecular complexity index is 382. The summed E-state index contributed by atoms with van der Waals surface area (Å²) in [6.45, 7) is 5.23. The third-order valence-electron chi connectivity index (χ3n) is 4.41. The van der Waals surface area contributed by atoms with E-state index in [-0.39, 0.29) is 5.91 Å². The van der Waals surface area contributed by atoms with Crippen molar-refractivity contribution in [2.24, 2.45) is 0 Å². The lowest BCUT2D eigenvalue weighted by molar-refractivity contribution is -0.121. The Morgan fingerprint density at radius 3 is 2.04 bits per heavy atom. The molecule has 0 radical (unpaired) electrons. The van der Waals surface area contributed by atoms with Crippen molar-refractivity contribution in [2.45, 2.75) is 104 Å². The van der Waals surface area contributed by atoms with Crippen LogP contribution in [0.5, 0.6) is 0 Å². The van der Waals surface area contributed by atoms with Crippen LogP contribution in [-0.4, -0.2) is 12.5 Å². The van der Waals surface area contributed by atoms with Crippen molar-refractivity contribution in [3.63, 3.8) is 0 Å². The quantitative estimate of drug-likeness (QED) is 0.202. The van der Waals surface area contributed by atoms with Crippen molar-refractivity contribution in [2.75, 3.05) is 6.54 Å². The third-order valence-corrected chi connectivity index (χ3v) is 4.41. The molecular weight excluding hydrogens is 318 g/mol. The summed E-state index contributed by atoms with van der Waals surface area (Å²) in [4.78, 5) is 11.7. The van der Waals surface area contributed by atoms with Crippen LogP contribution in [0.3, 0.4) is 0 Å². The van der Waals surface area contributed by atoms with Crippen molar-refractivity contribution in [1.82, 2.24) is 5.32 Å². The predicted molar refractivity (Wildman–Crippen MR) is 116 cm³/mol. The zero-order chi connectivity index (χ0) is 19.1. The molecule has 1 N–H and O–H groups in total. The Labute approximate surface area is 163 Å². The Kier molecular flexibility index (Phi) is 20.6. The van der Waals surface area contributed by atoms with Gasteiger partial charge >= 0.3 is 0 Å². The summed E-state index contributed by atoms with van der Waals surface area (Å²) in [5.41, 5.74) is 0. The average molecular weight is 362 g/mol. The van der Waals surface area contributed by atoms with Gasteiger partial charge in [0.15, 0.2) is 0 Å². The standard InChI is InChI=1S/C24H43NO/c1-3-5-7-9-10-11-12-13-14-15-16-17-18-19-20-22-24(26)25-23-21-8-6-4-2/h5,7,10-11,13-14H,3-4,6,8-9,12,15-23H2,1-2H3,(H,25,26)/b7-5-,11-10-,14-13-. The number of unbranched alkanes of at least 4 members (excludes halogenated alkanes) is 8. The molecule has 0 aliphatic rings. The molecule has 0 heterocycles. The van der Waals surface area contributed by atoms with Crippen LogP contribution in [0.4, 0.5) is 0 Å². The molecule has 0 aliphatic heterocycles. The summed E-state index contributed by atoms with van der Waals surface area (Å²) in [5, 5.41) is 3.03. The number of allylic oxidation sites excluding steroid dienone is 6. The van der Waals surface area contributed by atoms with Gasteiger partial charge in [-0.3, -0.25) is 4.79 Å². The van der Waals surface area contributed by atoms with Gasteiger partial charge < -0.3 is 5.32 Å². The molecule has 0 aromatic carbocycles. The fraction of sp³-hybridized carbons (Fsp3) is 0.708. The average Bonchev–Trinajstić information content (AvgIpc) is 2.64. The van der Waals surface area contributed by atoms with Crippen LogP contribution < -0.4 is 5.32 Å². The smallest absolute Gasteiger partial charge is 0.219 e. The Hall–Kier alpha value is -1.31. The molecule has 0 bridgehead atoms. The monoisotopic (exact) mass is 361 g/mol. The maximum atomic E-state index is 11.7. The summed E-state index contributed by atoms with van der Waals surface area (Å²) in [6, 6.07) is 0. The van der Waals surface area contributed by atoms with Crippen molar-refractivity contribution in [3.8, 4) is 0 Å². The van der Waals surface area contributed by atoms with E-state index in [0.29, 0.717) is 6.42 Å². The van der Waals surface area contributed by atoms with Crippen molar-refractivity contribution in [1.29, 1.82) is 0 Å². The molecule has 0 saturated heterocycles. The fourth-order valence-corrected chi connectivity index (χ4v) is 2.77. The molecule has 0 spiro atoms. The van der Waals surface area contributed by atoms with Gasteiger partial charge in [-0.05, 0) is 44.9 Å². The molecule has 0 aromatic rings. The van der Waals surface area contributed by atoms with E-state index in [2.05, 4.69) is 55.6 Å². The lowest BCUT2D eigenvalue weighted by Gasteiger charge is -2.05. The molecule has 26 heavy (non-hydrogen) atoms. The van der Waals surface area contributed by atoms with Crippen molar-refractivity contribution in [3.05, 3.63) is 36.5 Å². The van der Waals surface area contributed by atoms with Crippen molar-refractivity contribution >= 4 is 5.91 Å². The van der Waals surface area contributed by atoms with Crippen LogP contribution in [0.1, 0.15) is 104 Å². The van der Waals surface area contributed by atoms with Crippen LogP contribution in [0.25, 0.3) is 0 Å². The van der Waals surface area contributed by atoms with Crippen LogP contribution >= 0.6 is 0 Å². The Balaban J connectivity index is 3.29. The van der Waals surface area contributed by atoms with Gasteiger partial charge in [-0.25, -0.2) is 0 Å². The summed E-state index contributed by atoms with van der Waals surface area (Å²) >= 11 is 0. The second kappa shape index (κ2) is 21.7. The number of nitrogens with one attached hydrogen (secondary N) is 1. The largest absolute Gasteiger partial charge is 0.356 e. The number of amides is 1. The highest BCUT2D eigenvalue weighted by Crippen LogP contribution is 2.08. The van der Waals surface area contributed by atoms with Gasteiger partial charge in [0, 0.05) is 13.0 Å². The van der Waals surface area contributed by atoms with Gasteiger partial charge in [-0.2, -0.15) is 0 Å². The molecule has 0 saturated carbocycles. The maximum absolute atomic E-state index is 11.7. The first kappa shape index (κ1) is 24.7. The van der Waals surface area contributed by atoms with Gasteiger partial charge in [-0.15, -0.1) is 0 Å². The summed E-state index contributed by atoms with van der Waals surface area (Å²) < 4.78 is 0. The van der Waals surface area contributed by atoms with E-state index in [1.54, 1.807) is 0 Å². The summed E-state index contributed by atoms with van der Waals surface area (Å²) in [5.74, 6) is 0.239. The molecule has 0 aromatic heterocycles. The van der Waals surface area contributed by atoms with Crippen LogP contribution in [0, 0.1) is 0 Å². The Morgan fingerprint density at radius 1 is 0.692 bits per heavy atom. The molecule has 0 aliphatic carbocycles. The second-order valence-electron chi connectivity index (χ2n) is 7.01. The topological polar surface area (TPSA) is 29.1 Å². The maximum Gasteiger partial charge on any atom is 0.219 e. The minimum Gasteiger partial charge on any atom is -0.356 e. The van der Waals surface area contributed by atoms with E-state index in [9.17, 15) is 4.79 Å². The minimum absolute atomic E-state index is 0.239. The molecule has 0 unspecified atom stereocenters.